The van der Waals surface area contributed by atoms with E-state index < -0.39 is 0 Å². The summed E-state index contributed by atoms with van der Waals surface area (Å²) in [6.45, 7) is 3.04. The van der Waals surface area contributed by atoms with Gasteiger partial charge in [0, 0.05) is 38.0 Å². The van der Waals surface area contributed by atoms with Gasteiger partial charge in [-0.2, -0.15) is 5.10 Å². The van der Waals surface area contributed by atoms with Gasteiger partial charge in [-0.05, 0) is 25.9 Å². The Hall–Kier alpha value is -2.39. The molecule has 0 aliphatic carbocycles. The molecular weight excluding hydrogens is 372 g/mol. The number of hydrogen-bond donors (Lipinski definition) is 3. The first-order valence-electron chi connectivity index (χ1n) is 9.01. The molecule has 2 fully saturated rings. The lowest BCUT2D eigenvalue weighted by molar-refractivity contribution is -0.120. The van der Waals surface area contributed by atoms with Gasteiger partial charge in [0.2, 0.25) is 5.91 Å². The van der Waals surface area contributed by atoms with E-state index in [-0.39, 0.29) is 42.1 Å². The summed E-state index contributed by atoms with van der Waals surface area (Å²) in [6.07, 6.45) is 3.66. The summed E-state index contributed by atoms with van der Waals surface area (Å²) in [6, 6.07) is 1.58. The summed E-state index contributed by atoms with van der Waals surface area (Å²) in [5, 5.41) is 10.5. The van der Waals surface area contributed by atoms with Crippen LogP contribution in [0.15, 0.2) is 17.1 Å². The lowest BCUT2D eigenvalue weighted by atomic mass is 9.94. The molecule has 2 saturated heterocycles. The highest BCUT2D eigenvalue weighted by Gasteiger charge is 2.25. The van der Waals surface area contributed by atoms with Crippen molar-refractivity contribution < 1.29 is 9.59 Å². The predicted molar refractivity (Wildman–Crippen MR) is 101 cm³/mol. The smallest absolute Gasteiger partial charge is 0.259 e. The molecule has 2 aromatic heterocycles. The lowest BCUT2D eigenvalue weighted by Gasteiger charge is -2.23. The quantitative estimate of drug-likeness (QED) is 0.657. The summed E-state index contributed by atoms with van der Waals surface area (Å²) < 4.78 is 1.69. The Kier molecular flexibility index (Phi) is 5.81. The van der Waals surface area contributed by atoms with Gasteiger partial charge < -0.3 is 20.5 Å². The number of carbonyl (C=O) groups is 2. The van der Waals surface area contributed by atoms with Crippen LogP contribution in [0.5, 0.6) is 0 Å². The van der Waals surface area contributed by atoms with Crippen LogP contribution in [0.25, 0.3) is 5.65 Å². The Labute approximate surface area is 161 Å². The van der Waals surface area contributed by atoms with Crippen molar-refractivity contribution in [3.63, 3.8) is 0 Å². The van der Waals surface area contributed by atoms with Gasteiger partial charge in [-0.1, -0.05) is 0 Å². The normalized spacial score (nSPS) is 18.7. The van der Waals surface area contributed by atoms with Gasteiger partial charge >= 0.3 is 0 Å². The molecule has 2 aliphatic rings. The van der Waals surface area contributed by atoms with E-state index in [4.69, 9.17) is 0 Å². The van der Waals surface area contributed by atoms with Crippen molar-refractivity contribution in [1.29, 1.82) is 0 Å². The molecule has 3 N–H and O–H groups in total. The fraction of sp³-hybridized carbons (Fsp3) is 0.529. The number of piperidine rings is 1. The van der Waals surface area contributed by atoms with E-state index in [9.17, 15) is 14.4 Å². The zero-order valence-corrected chi connectivity index (χ0v) is 15.7. The Balaban J connectivity index is 0.00000210. The first kappa shape index (κ1) is 19.4. The summed E-state index contributed by atoms with van der Waals surface area (Å²) >= 11 is 0. The van der Waals surface area contributed by atoms with Gasteiger partial charge in [-0.3, -0.25) is 14.4 Å². The summed E-state index contributed by atoms with van der Waals surface area (Å²) in [5.74, 6) is -0.0275. The maximum absolute atomic E-state index is 12.9. The van der Waals surface area contributed by atoms with Gasteiger partial charge in [0.15, 0.2) is 0 Å². The highest BCUT2D eigenvalue weighted by molar-refractivity contribution is 6.00. The number of aromatic nitrogens is 3. The van der Waals surface area contributed by atoms with Crippen LogP contribution in [0.3, 0.4) is 0 Å². The van der Waals surface area contributed by atoms with Crippen molar-refractivity contribution in [3.8, 4) is 0 Å². The van der Waals surface area contributed by atoms with Crippen LogP contribution in [0, 0.1) is 0 Å². The molecule has 0 aromatic carbocycles. The van der Waals surface area contributed by atoms with Crippen LogP contribution >= 0.6 is 12.4 Å². The van der Waals surface area contributed by atoms with Crippen LogP contribution in [-0.4, -0.2) is 64.0 Å². The van der Waals surface area contributed by atoms with E-state index in [2.05, 4.69) is 20.7 Å². The van der Waals surface area contributed by atoms with Crippen molar-refractivity contribution in [2.45, 2.75) is 25.2 Å². The maximum atomic E-state index is 12.9. The minimum absolute atomic E-state index is 0. The Morgan fingerprint density at radius 3 is 2.70 bits per heavy atom. The fourth-order valence-electron chi connectivity index (χ4n) is 3.72. The van der Waals surface area contributed by atoms with E-state index in [1.165, 1.54) is 6.20 Å². The minimum Gasteiger partial charge on any atom is -0.354 e. The van der Waals surface area contributed by atoms with E-state index >= 15 is 0 Å². The SMILES string of the molecule is Cl.O=C1CCN(C(=O)c2cnn3c(C4CCNCC4)cc(=O)[nH]c23)CCN1. The van der Waals surface area contributed by atoms with Crippen molar-refractivity contribution in [2.24, 2.45) is 0 Å². The number of H-pyrrole nitrogens is 1. The molecule has 2 aliphatic heterocycles. The number of amides is 2. The second-order valence-electron chi connectivity index (χ2n) is 6.79. The standard InChI is InChI=1S/C17H22N6O3.ClH/c24-14-3-7-22(8-6-19-14)17(26)12-10-20-23-13(9-15(25)21-16(12)23)11-1-4-18-5-2-11;/h9-11,18H,1-8H2,(H,19,24)(H,21,25);1H. The number of nitrogens with zero attached hydrogens (tertiary/aromatic N) is 3. The molecule has 27 heavy (non-hydrogen) atoms. The molecule has 2 aromatic rings. The number of halogens is 1. The Morgan fingerprint density at radius 2 is 1.93 bits per heavy atom. The minimum atomic E-state index is -0.228. The molecule has 9 nitrogen and oxygen atoms in total. The topological polar surface area (TPSA) is 112 Å². The monoisotopic (exact) mass is 394 g/mol. The maximum Gasteiger partial charge on any atom is 0.259 e. The molecule has 0 spiro atoms. The number of aromatic amines is 1. The molecule has 0 radical (unpaired) electrons. The third kappa shape index (κ3) is 3.84. The van der Waals surface area contributed by atoms with Gasteiger partial charge in [0.25, 0.3) is 11.5 Å². The van der Waals surface area contributed by atoms with Crippen LogP contribution in [-0.2, 0) is 4.79 Å². The molecule has 4 rings (SSSR count). The second-order valence-corrected chi connectivity index (χ2v) is 6.79. The average Bonchev–Trinajstić information content (AvgIpc) is 2.95. The van der Waals surface area contributed by atoms with E-state index in [0.29, 0.717) is 30.8 Å². The zero-order chi connectivity index (χ0) is 18.1. The van der Waals surface area contributed by atoms with E-state index in [1.807, 2.05) is 0 Å². The highest BCUT2D eigenvalue weighted by atomic mass is 35.5. The third-order valence-corrected chi connectivity index (χ3v) is 5.12. The largest absolute Gasteiger partial charge is 0.354 e. The van der Waals surface area contributed by atoms with Crippen LogP contribution in [0.4, 0.5) is 0 Å². The first-order valence-corrected chi connectivity index (χ1v) is 9.01. The number of rotatable bonds is 2. The van der Waals surface area contributed by atoms with E-state index in [1.54, 1.807) is 15.5 Å². The van der Waals surface area contributed by atoms with Gasteiger partial charge in [0.1, 0.15) is 11.2 Å². The second kappa shape index (κ2) is 8.10. The fourth-order valence-corrected chi connectivity index (χ4v) is 3.72. The number of hydrogen-bond acceptors (Lipinski definition) is 5. The van der Waals surface area contributed by atoms with Crippen LogP contribution in [0.2, 0.25) is 0 Å². The zero-order valence-electron chi connectivity index (χ0n) is 14.9. The van der Waals surface area contributed by atoms with Gasteiger partial charge in [0.05, 0.1) is 11.9 Å². The number of nitrogens with one attached hydrogen (secondary N) is 3. The molecule has 4 heterocycles. The molecule has 0 bridgehead atoms. The van der Waals surface area contributed by atoms with E-state index in [0.717, 1.165) is 31.6 Å². The number of carbonyl (C=O) groups excluding carboxylic acids is 2. The molecule has 0 atom stereocenters. The third-order valence-electron chi connectivity index (χ3n) is 5.12. The first-order chi connectivity index (χ1) is 12.6. The lowest BCUT2D eigenvalue weighted by Crippen LogP contribution is -2.34. The van der Waals surface area contributed by atoms with Crippen LogP contribution < -0.4 is 16.2 Å². The van der Waals surface area contributed by atoms with Crippen molar-refractivity contribution in [3.05, 3.63) is 33.9 Å². The van der Waals surface area contributed by atoms with Crippen molar-refractivity contribution >= 4 is 29.9 Å². The molecule has 0 unspecified atom stereocenters. The van der Waals surface area contributed by atoms with Crippen LogP contribution in [0.1, 0.15) is 41.2 Å². The number of fused-ring (bicyclic) bond motifs is 1. The molecule has 2 amide bonds. The highest BCUT2D eigenvalue weighted by Crippen LogP contribution is 2.25. The average molecular weight is 395 g/mol. The summed E-state index contributed by atoms with van der Waals surface area (Å²) in [5.41, 5.74) is 1.41. The molecule has 146 valence electrons. The molecular formula is C17H23ClN6O3. The van der Waals surface area contributed by atoms with Crippen molar-refractivity contribution in [1.82, 2.24) is 30.1 Å². The molecule has 0 saturated carbocycles. The summed E-state index contributed by atoms with van der Waals surface area (Å²) in [4.78, 5) is 41.0. The van der Waals surface area contributed by atoms with Gasteiger partial charge in [-0.15, -0.1) is 12.4 Å². The van der Waals surface area contributed by atoms with Crippen molar-refractivity contribution in [2.75, 3.05) is 32.7 Å². The molecule has 10 heteroatoms. The Bertz CT molecular complexity index is 902. The van der Waals surface area contributed by atoms with Gasteiger partial charge in [-0.25, -0.2) is 4.52 Å². The summed E-state index contributed by atoms with van der Waals surface area (Å²) in [7, 11) is 0. The Morgan fingerprint density at radius 1 is 1.15 bits per heavy atom. The predicted octanol–water partition coefficient (Wildman–Crippen LogP) is -0.126.